The zero-order valence-electron chi connectivity index (χ0n) is 25.8. The van der Waals surface area contributed by atoms with Gasteiger partial charge in [-0.05, 0) is 48.4 Å². The van der Waals surface area contributed by atoms with Crippen molar-refractivity contribution in [3.05, 3.63) is 54.2 Å². The van der Waals surface area contributed by atoms with Gasteiger partial charge in [-0.2, -0.15) is 5.10 Å². The third-order valence-corrected chi connectivity index (χ3v) is 9.72. The summed E-state index contributed by atoms with van der Waals surface area (Å²) in [6.45, 7) is 1.40. The zero-order chi connectivity index (χ0) is 32.1. The van der Waals surface area contributed by atoms with Gasteiger partial charge in [0, 0.05) is 19.4 Å². The molecule has 2 aromatic heterocycles. The van der Waals surface area contributed by atoms with Crippen LogP contribution in [-0.4, -0.2) is 57.1 Å². The van der Waals surface area contributed by atoms with E-state index < -0.39 is 36.4 Å². The minimum absolute atomic E-state index is 0.00886. The van der Waals surface area contributed by atoms with Crippen LogP contribution in [-0.2, 0) is 9.59 Å². The van der Waals surface area contributed by atoms with Crippen molar-refractivity contribution in [3.8, 4) is 0 Å². The summed E-state index contributed by atoms with van der Waals surface area (Å²) in [5, 5.41) is 10.6. The van der Waals surface area contributed by atoms with Crippen LogP contribution in [0.4, 0.5) is 29.1 Å². The third-order valence-electron chi connectivity index (χ3n) is 9.72. The second kappa shape index (κ2) is 14.6. The number of hydrogen-bond acceptors (Lipinski definition) is 5. The Hall–Kier alpha value is -3.70. The van der Waals surface area contributed by atoms with Crippen LogP contribution in [0.5, 0.6) is 0 Å². The number of hydrogen-bond donors (Lipinski definition) is 2. The van der Waals surface area contributed by atoms with Crippen LogP contribution in [0.2, 0.25) is 0 Å². The molecule has 3 aromatic rings. The quantitative estimate of drug-likeness (QED) is 0.173. The number of anilines is 2. The van der Waals surface area contributed by atoms with E-state index in [1.807, 2.05) is 6.07 Å². The van der Waals surface area contributed by atoms with E-state index in [4.69, 9.17) is 0 Å². The molecule has 12 heteroatoms. The maximum Gasteiger partial charge on any atom is 0.287 e. The molecule has 2 aliphatic rings. The van der Waals surface area contributed by atoms with Gasteiger partial charge in [0.15, 0.2) is 5.82 Å². The number of likely N-dealkylation sites (N-methyl/N-ethyl adjacent to an activating group) is 1. The molecule has 0 spiro atoms. The number of amides is 2. The summed E-state index contributed by atoms with van der Waals surface area (Å²) in [6.07, 6.45) is 9.84. The second-order valence-corrected chi connectivity index (χ2v) is 12.5. The Balaban J connectivity index is 1.43. The Morgan fingerprint density at radius 3 is 2.20 bits per heavy atom. The van der Waals surface area contributed by atoms with Gasteiger partial charge in [0.2, 0.25) is 18.1 Å². The summed E-state index contributed by atoms with van der Waals surface area (Å²) in [6, 6.07) is 5.01. The van der Waals surface area contributed by atoms with Crippen LogP contribution >= 0.6 is 0 Å². The van der Waals surface area contributed by atoms with Gasteiger partial charge >= 0.3 is 0 Å². The van der Waals surface area contributed by atoms with Crippen molar-refractivity contribution in [1.82, 2.24) is 19.5 Å². The number of nitrogens with one attached hydrogen (secondary N) is 2. The molecular formula is C33H42F4N6O2. The van der Waals surface area contributed by atoms with E-state index in [9.17, 15) is 22.8 Å². The number of carbonyl (C=O) groups excluding carboxylic acids is 2. The maximum absolute atomic E-state index is 15.5. The molecule has 3 atom stereocenters. The van der Waals surface area contributed by atoms with Crippen LogP contribution < -0.4 is 10.6 Å². The van der Waals surface area contributed by atoms with Gasteiger partial charge in [0.1, 0.15) is 17.4 Å². The molecule has 5 rings (SSSR count). The van der Waals surface area contributed by atoms with Crippen LogP contribution in [0.3, 0.4) is 0 Å². The minimum atomic E-state index is -3.36. The molecule has 0 bridgehead atoms. The van der Waals surface area contributed by atoms with Crippen LogP contribution in [0.1, 0.15) is 82.6 Å². The number of benzene rings is 1. The lowest BCUT2D eigenvalue weighted by Gasteiger charge is -2.42. The molecule has 45 heavy (non-hydrogen) atoms. The molecule has 2 aliphatic carbocycles. The van der Waals surface area contributed by atoms with E-state index in [1.165, 1.54) is 31.9 Å². The SMILES string of the molecule is CC(C(=O)N(C)C(F)C(F)F)c1ccc(NC(=O)C(Nc2nccn3nccc23)C(C2CCCCC2)C2CCCCC2)c(F)c1. The fourth-order valence-electron chi connectivity index (χ4n) is 7.27. The molecule has 2 fully saturated rings. The van der Waals surface area contributed by atoms with Crippen molar-refractivity contribution in [2.24, 2.45) is 17.8 Å². The van der Waals surface area contributed by atoms with Crippen molar-refractivity contribution >= 4 is 28.8 Å². The Labute approximate surface area is 261 Å². The van der Waals surface area contributed by atoms with E-state index in [0.717, 1.165) is 70.0 Å². The van der Waals surface area contributed by atoms with Crippen molar-refractivity contribution in [3.63, 3.8) is 0 Å². The van der Waals surface area contributed by atoms with Gasteiger partial charge in [-0.15, -0.1) is 0 Å². The fourth-order valence-corrected chi connectivity index (χ4v) is 7.27. The molecular weight excluding hydrogens is 588 g/mol. The number of halogens is 4. The maximum atomic E-state index is 15.5. The molecule has 1 aromatic carbocycles. The molecule has 8 nitrogen and oxygen atoms in total. The smallest absolute Gasteiger partial charge is 0.287 e. The summed E-state index contributed by atoms with van der Waals surface area (Å²) < 4.78 is 56.6. The first-order valence-corrected chi connectivity index (χ1v) is 16.0. The van der Waals surface area contributed by atoms with Gasteiger partial charge < -0.3 is 15.5 Å². The molecule has 2 heterocycles. The van der Waals surface area contributed by atoms with Crippen LogP contribution in [0.25, 0.3) is 5.52 Å². The zero-order valence-corrected chi connectivity index (χ0v) is 25.8. The highest BCUT2D eigenvalue weighted by atomic mass is 19.3. The second-order valence-electron chi connectivity index (χ2n) is 12.5. The lowest BCUT2D eigenvalue weighted by atomic mass is 9.66. The summed E-state index contributed by atoms with van der Waals surface area (Å²) >= 11 is 0. The van der Waals surface area contributed by atoms with E-state index >= 15 is 4.39 Å². The normalized spacial score (nSPS) is 18.6. The van der Waals surface area contributed by atoms with Gasteiger partial charge in [-0.1, -0.05) is 70.3 Å². The molecule has 3 unspecified atom stereocenters. The Bertz CT molecular complexity index is 1440. The van der Waals surface area contributed by atoms with Gasteiger partial charge in [-0.3, -0.25) is 9.59 Å². The standard InChI is InChI=1S/C33H42F4N6O2/c1-20(33(45)42(2)30(37)29(35)36)23-13-14-25(24(34)19-23)40-32(44)28(41-31-26-15-16-39-43(26)18-17-38-31)27(21-9-5-3-6-10-21)22-11-7-4-8-12-22/h13-22,27-30H,3-12H2,1-2H3,(H,38,41)(H,40,44). The molecule has 244 valence electrons. The fraction of sp³-hybridized carbons (Fsp3) is 0.576. The average molecular weight is 631 g/mol. The summed E-state index contributed by atoms with van der Waals surface area (Å²) in [5.74, 6) is -1.96. The van der Waals surface area contributed by atoms with Crippen molar-refractivity contribution in [2.75, 3.05) is 17.7 Å². The molecule has 2 amide bonds. The van der Waals surface area contributed by atoms with Crippen molar-refractivity contribution in [2.45, 2.75) is 95.8 Å². The molecule has 0 aliphatic heterocycles. The molecule has 2 N–H and O–H groups in total. The Kier molecular flexibility index (Phi) is 10.6. The van der Waals surface area contributed by atoms with E-state index in [0.29, 0.717) is 22.6 Å². The van der Waals surface area contributed by atoms with Crippen LogP contribution in [0, 0.1) is 23.6 Å². The van der Waals surface area contributed by atoms with E-state index in [-0.39, 0.29) is 23.1 Å². The lowest BCUT2D eigenvalue weighted by molar-refractivity contribution is -0.143. The molecule has 2 saturated carbocycles. The van der Waals surface area contributed by atoms with Gasteiger partial charge in [0.25, 0.3) is 6.43 Å². The van der Waals surface area contributed by atoms with Crippen molar-refractivity contribution in [1.29, 1.82) is 0 Å². The Morgan fingerprint density at radius 1 is 0.956 bits per heavy atom. The summed E-state index contributed by atoms with van der Waals surface area (Å²) in [4.78, 5) is 31.7. The first-order valence-electron chi connectivity index (χ1n) is 16.0. The summed E-state index contributed by atoms with van der Waals surface area (Å²) in [5.41, 5.74) is 0.835. The third kappa shape index (κ3) is 7.41. The number of rotatable bonds is 11. The first kappa shape index (κ1) is 32.7. The van der Waals surface area contributed by atoms with Crippen LogP contribution in [0.15, 0.2) is 42.9 Å². The van der Waals surface area contributed by atoms with E-state index in [2.05, 4.69) is 20.7 Å². The minimum Gasteiger partial charge on any atom is -0.356 e. The largest absolute Gasteiger partial charge is 0.356 e. The van der Waals surface area contributed by atoms with Gasteiger partial charge in [0.05, 0.1) is 17.8 Å². The molecule has 0 saturated heterocycles. The Morgan fingerprint density at radius 2 is 1.60 bits per heavy atom. The van der Waals surface area contributed by atoms with Gasteiger partial charge in [-0.25, -0.2) is 27.1 Å². The monoisotopic (exact) mass is 630 g/mol. The highest BCUT2D eigenvalue weighted by Gasteiger charge is 2.41. The number of carbonyl (C=O) groups is 2. The van der Waals surface area contributed by atoms with E-state index in [1.54, 1.807) is 23.1 Å². The van der Waals surface area contributed by atoms with Crippen molar-refractivity contribution < 1.29 is 27.2 Å². The number of aromatic nitrogens is 3. The highest BCUT2D eigenvalue weighted by Crippen LogP contribution is 2.43. The summed E-state index contributed by atoms with van der Waals surface area (Å²) in [7, 11) is 0.947. The average Bonchev–Trinajstić information content (AvgIpc) is 3.55. The first-order chi connectivity index (χ1) is 21.7. The number of alkyl halides is 3. The predicted molar refractivity (Wildman–Crippen MR) is 164 cm³/mol. The number of fused-ring (bicyclic) bond motifs is 1. The highest BCUT2D eigenvalue weighted by molar-refractivity contribution is 5.97. The lowest BCUT2D eigenvalue weighted by Crippen LogP contribution is -2.48. The molecule has 0 radical (unpaired) electrons. The predicted octanol–water partition coefficient (Wildman–Crippen LogP) is 7.19. The number of nitrogens with zero attached hydrogens (tertiary/aromatic N) is 4. The topological polar surface area (TPSA) is 91.6 Å².